The normalized spacial score (nSPS) is 41.5. The van der Waals surface area contributed by atoms with E-state index in [9.17, 15) is 20.1 Å². The summed E-state index contributed by atoms with van der Waals surface area (Å²) >= 11 is 0. The molecule has 0 aromatic heterocycles. The Morgan fingerprint density at radius 2 is 1.93 bits per heavy atom. The van der Waals surface area contributed by atoms with Crippen molar-refractivity contribution in [3.05, 3.63) is 0 Å². The summed E-state index contributed by atoms with van der Waals surface area (Å²) < 4.78 is 9.87. The number of primary amides is 1. The lowest BCUT2D eigenvalue weighted by molar-refractivity contribution is -0.288. The van der Waals surface area contributed by atoms with E-state index in [1.165, 1.54) is 0 Å². The number of aliphatic hydroxyl groups is 3. The molecule has 0 saturated carbocycles. The van der Waals surface area contributed by atoms with Crippen LogP contribution in [0.2, 0.25) is 0 Å². The molecule has 0 aromatic rings. The van der Waals surface area contributed by atoms with Crippen molar-refractivity contribution in [2.45, 2.75) is 37.6 Å². The number of carbonyl (C=O) groups is 1. The molecule has 0 spiro atoms. The zero-order valence-electron chi connectivity index (χ0n) is 8.24. The third kappa shape index (κ3) is 2.44. The lowest BCUT2D eigenvalue weighted by Crippen LogP contribution is -2.61. The van der Waals surface area contributed by atoms with Gasteiger partial charge in [0, 0.05) is 6.61 Å². The van der Waals surface area contributed by atoms with Crippen LogP contribution in [-0.2, 0) is 14.3 Å². The van der Waals surface area contributed by atoms with Crippen molar-refractivity contribution in [3.8, 4) is 0 Å². The standard InChI is InChI=1S/C8H15NO6/c1-2-14-8-5(12)3(10)4(11)6(15-8)7(9)13/h3-6,8,10-12H,2H2,1H3,(H2,9,13)/t3?,4-,5+,6?,8-/m1/s1. The second kappa shape index (κ2) is 4.86. The summed E-state index contributed by atoms with van der Waals surface area (Å²) in [6.07, 6.45) is -7.01. The molecular formula is C8H15NO6. The second-order valence-corrected chi connectivity index (χ2v) is 3.25. The van der Waals surface area contributed by atoms with Crippen LogP contribution in [0.1, 0.15) is 6.92 Å². The van der Waals surface area contributed by atoms with Gasteiger partial charge in [-0.1, -0.05) is 0 Å². The van der Waals surface area contributed by atoms with Gasteiger partial charge in [-0.15, -0.1) is 0 Å². The van der Waals surface area contributed by atoms with Crippen LogP contribution in [0.25, 0.3) is 0 Å². The van der Waals surface area contributed by atoms with Gasteiger partial charge in [-0.3, -0.25) is 4.79 Å². The molecule has 1 aliphatic rings. The molecule has 0 aliphatic carbocycles. The maximum atomic E-state index is 10.9. The first-order valence-corrected chi connectivity index (χ1v) is 4.59. The van der Waals surface area contributed by atoms with Gasteiger partial charge in [0.1, 0.15) is 18.3 Å². The van der Waals surface area contributed by atoms with Gasteiger partial charge >= 0.3 is 0 Å². The zero-order chi connectivity index (χ0) is 11.6. The van der Waals surface area contributed by atoms with Crippen LogP contribution in [0.5, 0.6) is 0 Å². The Morgan fingerprint density at radius 1 is 1.33 bits per heavy atom. The van der Waals surface area contributed by atoms with Crippen molar-refractivity contribution in [2.75, 3.05) is 6.61 Å². The molecule has 5 atom stereocenters. The predicted molar refractivity (Wildman–Crippen MR) is 47.5 cm³/mol. The summed E-state index contributed by atoms with van der Waals surface area (Å²) in [5.41, 5.74) is 4.95. The summed E-state index contributed by atoms with van der Waals surface area (Å²) in [5.74, 6) is -0.918. The third-order valence-electron chi connectivity index (χ3n) is 2.18. The van der Waals surface area contributed by atoms with E-state index in [-0.39, 0.29) is 6.61 Å². The smallest absolute Gasteiger partial charge is 0.249 e. The Morgan fingerprint density at radius 3 is 2.40 bits per heavy atom. The van der Waals surface area contributed by atoms with Crippen molar-refractivity contribution in [1.29, 1.82) is 0 Å². The molecule has 1 rings (SSSR count). The number of amides is 1. The molecule has 0 bridgehead atoms. The molecule has 2 unspecified atom stereocenters. The molecule has 15 heavy (non-hydrogen) atoms. The second-order valence-electron chi connectivity index (χ2n) is 3.25. The van der Waals surface area contributed by atoms with Crippen LogP contribution >= 0.6 is 0 Å². The van der Waals surface area contributed by atoms with E-state index in [4.69, 9.17) is 15.2 Å². The lowest BCUT2D eigenvalue weighted by Gasteiger charge is -2.38. The van der Waals surface area contributed by atoms with Gasteiger partial charge in [0.25, 0.3) is 0 Å². The average molecular weight is 221 g/mol. The number of hydrogen-bond acceptors (Lipinski definition) is 6. The average Bonchev–Trinajstić information content (AvgIpc) is 2.18. The Labute approximate surface area is 86.4 Å². The van der Waals surface area contributed by atoms with E-state index in [1.54, 1.807) is 6.92 Å². The van der Waals surface area contributed by atoms with Crippen LogP contribution in [0.4, 0.5) is 0 Å². The van der Waals surface area contributed by atoms with Gasteiger partial charge < -0.3 is 30.5 Å². The van der Waals surface area contributed by atoms with Crippen molar-refractivity contribution < 1.29 is 29.6 Å². The minimum Gasteiger partial charge on any atom is -0.387 e. The highest BCUT2D eigenvalue weighted by atomic mass is 16.7. The first kappa shape index (κ1) is 12.3. The summed E-state index contributed by atoms with van der Waals surface area (Å²) in [5, 5.41) is 28.2. The molecule has 0 radical (unpaired) electrons. The van der Waals surface area contributed by atoms with Gasteiger partial charge in [-0.2, -0.15) is 0 Å². The monoisotopic (exact) mass is 221 g/mol. The molecule has 1 amide bonds. The molecule has 1 saturated heterocycles. The van der Waals surface area contributed by atoms with E-state index in [2.05, 4.69) is 0 Å². The molecule has 88 valence electrons. The predicted octanol–water partition coefficient (Wildman–Crippen LogP) is -2.68. The molecule has 0 aromatic carbocycles. The molecule has 5 N–H and O–H groups in total. The number of carbonyl (C=O) groups excluding carboxylic acids is 1. The number of aliphatic hydroxyl groups excluding tert-OH is 3. The fraction of sp³-hybridized carbons (Fsp3) is 0.875. The lowest BCUT2D eigenvalue weighted by atomic mass is 9.98. The summed E-state index contributed by atoms with van der Waals surface area (Å²) in [7, 11) is 0. The number of nitrogens with two attached hydrogens (primary N) is 1. The maximum Gasteiger partial charge on any atom is 0.249 e. The Bertz CT molecular complexity index is 235. The number of ether oxygens (including phenoxy) is 2. The minimum absolute atomic E-state index is 0.232. The highest BCUT2D eigenvalue weighted by molar-refractivity contribution is 5.79. The highest BCUT2D eigenvalue weighted by Gasteiger charge is 2.46. The van der Waals surface area contributed by atoms with E-state index in [0.717, 1.165) is 0 Å². The first-order valence-electron chi connectivity index (χ1n) is 4.59. The van der Waals surface area contributed by atoms with E-state index in [1.807, 2.05) is 0 Å². The van der Waals surface area contributed by atoms with Crippen LogP contribution < -0.4 is 5.73 Å². The number of rotatable bonds is 3. The Balaban J connectivity index is 2.75. The van der Waals surface area contributed by atoms with Crippen molar-refractivity contribution in [3.63, 3.8) is 0 Å². The minimum atomic E-state index is -1.55. The third-order valence-corrected chi connectivity index (χ3v) is 2.18. The van der Waals surface area contributed by atoms with Crippen molar-refractivity contribution in [1.82, 2.24) is 0 Å². The van der Waals surface area contributed by atoms with Gasteiger partial charge in [-0.25, -0.2) is 0 Å². The van der Waals surface area contributed by atoms with Crippen molar-refractivity contribution >= 4 is 5.91 Å². The summed E-state index contributed by atoms with van der Waals surface area (Å²) in [6.45, 7) is 1.89. The van der Waals surface area contributed by atoms with Gasteiger partial charge in [0.05, 0.1) is 0 Å². The van der Waals surface area contributed by atoms with Crippen LogP contribution in [0.3, 0.4) is 0 Å². The maximum absolute atomic E-state index is 10.9. The Kier molecular flexibility index (Phi) is 4.00. The van der Waals surface area contributed by atoms with Crippen LogP contribution in [0.15, 0.2) is 0 Å². The topological polar surface area (TPSA) is 122 Å². The molecule has 1 fully saturated rings. The molecule has 7 heteroatoms. The van der Waals surface area contributed by atoms with Crippen molar-refractivity contribution in [2.24, 2.45) is 5.73 Å². The van der Waals surface area contributed by atoms with Crippen LogP contribution in [-0.4, -0.2) is 58.5 Å². The van der Waals surface area contributed by atoms with E-state index < -0.39 is 36.6 Å². The number of hydrogen-bond donors (Lipinski definition) is 4. The van der Waals surface area contributed by atoms with Gasteiger partial charge in [0.2, 0.25) is 5.91 Å². The highest BCUT2D eigenvalue weighted by Crippen LogP contribution is 2.21. The molecule has 1 aliphatic heterocycles. The zero-order valence-corrected chi connectivity index (χ0v) is 8.24. The fourth-order valence-electron chi connectivity index (χ4n) is 1.39. The summed E-state index contributed by atoms with van der Waals surface area (Å²) in [6, 6.07) is 0. The van der Waals surface area contributed by atoms with Gasteiger partial charge in [0.15, 0.2) is 12.4 Å². The Hall–Kier alpha value is -0.730. The van der Waals surface area contributed by atoms with E-state index in [0.29, 0.717) is 0 Å². The molecular weight excluding hydrogens is 206 g/mol. The quantitative estimate of drug-likeness (QED) is 0.412. The largest absolute Gasteiger partial charge is 0.387 e. The van der Waals surface area contributed by atoms with Gasteiger partial charge in [-0.05, 0) is 6.92 Å². The van der Waals surface area contributed by atoms with Crippen LogP contribution in [0, 0.1) is 0 Å². The fourth-order valence-corrected chi connectivity index (χ4v) is 1.39. The first-order chi connectivity index (χ1) is 6.99. The molecule has 7 nitrogen and oxygen atoms in total. The van der Waals surface area contributed by atoms with E-state index >= 15 is 0 Å². The summed E-state index contributed by atoms with van der Waals surface area (Å²) in [4.78, 5) is 10.9. The molecule has 1 heterocycles. The SMILES string of the molecule is CCO[C@@H]1OC(C(N)=O)[C@H](O)C(O)[C@@H]1O.